The molecule has 2 aromatic rings. The van der Waals surface area contributed by atoms with E-state index in [1.807, 2.05) is 50.2 Å². The molecule has 0 radical (unpaired) electrons. The highest BCUT2D eigenvalue weighted by Crippen LogP contribution is 2.27. The Kier molecular flexibility index (Phi) is 7.44. The monoisotopic (exact) mass is 384 g/mol. The van der Waals surface area contributed by atoms with Crippen LogP contribution in [-0.2, 0) is 16.0 Å². The third kappa shape index (κ3) is 5.49. The first-order valence-corrected chi connectivity index (χ1v) is 9.18. The fraction of sp³-hybridized carbons (Fsp3) is 0.364. The minimum Gasteiger partial charge on any atom is -0.493 e. The van der Waals surface area contributed by atoms with Gasteiger partial charge in [0, 0.05) is 19.2 Å². The summed E-state index contributed by atoms with van der Waals surface area (Å²) in [5.74, 6) is 0.955. The molecule has 6 nitrogen and oxygen atoms in total. The van der Waals surface area contributed by atoms with Gasteiger partial charge in [-0.05, 0) is 61.2 Å². The maximum atomic E-state index is 12.3. The molecule has 6 heteroatoms. The highest BCUT2D eigenvalue weighted by Gasteiger charge is 2.16. The van der Waals surface area contributed by atoms with Crippen LogP contribution in [0.2, 0.25) is 0 Å². The van der Waals surface area contributed by atoms with E-state index in [1.165, 1.54) is 11.8 Å². The molecule has 0 aromatic heterocycles. The van der Waals surface area contributed by atoms with Gasteiger partial charge >= 0.3 is 0 Å². The number of anilines is 1. The minimum atomic E-state index is -0.200. The van der Waals surface area contributed by atoms with Crippen molar-refractivity contribution in [1.29, 1.82) is 0 Å². The summed E-state index contributed by atoms with van der Waals surface area (Å²) in [4.78, 5) is 25.9. The van der Waals surface area contributed by atoms with Gasteiger partial charge in [0.2, 0.25) is 11.8 Å². The van der Waals surface area contributed by atoms with Crippen molar-refractivity contribution in [3.63, 3.8) is 0 Å². The number of hydrogen-bond acceptors (Lipinski definition) is 4. The first kappa shape index (κ1) is 21.3. The zero-order chi connectivity index (χ0) is 20.7. The molecule has 0 spiro atoms. The molecule has 0 atom stereocenters. The first-order valence-electron chi connectivity index (χ1n) is 9.18. The third-order valence-corrected chi connectivity index (χ3v) is 4.67. The van der Waals surface area contributed by atoms with Crippen LogP contribution in [0.3, 0.4) is 0 Å². The lowest BCUT2D eigenvalue weighted by atomic mass is 10.1. The van der Waals surface area contributed by atoms with Gasteiger partial charge in [0.15, 0.2) is 11.5 Å². The lowest BCUT2D eigenvalue weighted by Gasteiger charge is -2.21. The van der Waals surface area contributed by atoms with E-state index >= 15 is 0 Å². The van der Waals surface area contributed by atoms with Crippen molar-refractivity contribution in [2.24, 2.45) is 0 Å². The summed E-state index contributed by atoms with van der Waals surface area (Å²) in [5, 5.41) is 2.87. The second kappa shape index (κ2) is 9.78. The summed E-state index contributed by atoms with van der Waals surface area (Å²) >= 11 is 0. The van der Waals surface area contributed by atoms with E-state index in [0.717, 1.165) is 22.4 Å². The standard InChI is InChI=1S/C22H28N2O4/c1-15-6-8-19(12-16(15)2)24(17(3)25)14-22(26)23-11-10-18-7-9-20(27-4)21(13-18)28-5/h6-9,12-13H,10-11,14H2,1-5H3,(H,23,26). The van der Waals surface area contributed by atoms with Gasteiger partial charge in [-0.15, -0.1) is 0 Å². The molecular weight excluding hydrogens is 356 g/mol. The zero-order valence-corrected chi connectivity index (χ0v) is 17.2. The average molecular weight is 384 g/mol. The Hall–Kier alpha value is -3.02. The van der Waals surface area contributed by atoms with Crippen molar-refractivity contribution < 1.29 is 19.1 Å². The fourth-order valence-electron chi connectivity index (χ4n) is 2.86. The summed E-state index contributed by atoms with van der Waals surface area (Å²) in [6.07, 6.45) is 0.649. The zero-order valence-electron chi connectivity index (χ0n) is 17.2. The highest BCUT2D eigenvalue weighted by molar-refractivity contribution is 5.97. The van der Waals surface area contributed by atoms with E-state index < -0.39 is 0 Å². The smallest absolute Gasteiger partial charge is 0.240 e. The summed E-state index contributed by atoms with van der Waals surface area (Å²) in [7, 11) is 3.18. The van der Waals surface area contributed by atoms with Gasteiger partial charge in [-0.25, -0.2) is 0 Å². The molecule has 2 rings (SSSR count). The molecule has 0 heterocycles. The number of rotatable bonds is 8. The Labute approximate surface area is 166 Å². The SMILES string of the molecule is COc1ccc(CCNC(=O)CN(C(C)=O)c2ccc(C)c(C)c2)cc1OC. The second-order valence-corrected chi connectivity index (χ2v) is 6.66. The number of ether oxygens (including phenoxy) is 2. The second-order valence-electron chi connectivity index (χ2n) is 6.66. The molecule has 0 aliphatic rings. The summed E-state index contributed by atoms with van der Waals surface area (Å²) < 4.78 is 10.5. The number of benzene rings is 2. The number of methoxy groups -OCH3 is 2. The maximum Gasteiger partial charge on any atom is 0.240 e. The van der Waals surface area contributed by atoms with Gasteiger partial charge in [0.05, 0.1) is 14.2 Å². The van der Waals surface area contributed by atoms with Crippen LogP contribution >= 0.6 is 0 Å². The van der Waals surface area contributed by atoms with Gasteiger partial charge in [-0.3, -0.25) is 9.59 Å². The Balaban J connectivity index is 1.94. The van der Waals surface area contributed by atoms with Crippen molar-refractivity contribution in [1.82, 2.24) is 5.32 Å². The Morgan fingerprint density at radius 1 is 0.964 bits per heavy atom. The molecule has 0 unspecified atom stereocenters. The van der Waals surface area contributed by atoms with Crippen LogP contribution in [0.5, 0.6) is 11.5 Å². The van der Waals surface area contributed by atoms with Gasteiger partial charge in [-0.1, -0.05) is 12.1 Å². The molecule has 2 amide bonds. The molecule has 0 bridgehead atoms. The van der Waals surface area contributed by atoms with Crippen molar-refractivity contribution in [3.8, 4) is 11.5 Å². The summed E-state index contributed by atoms with van der Waals surface area (Å²) in [6, 6.07) is 11.4. The Bertz CT molecular complexity index is 848. The molecule has 0 saturated heterocycles. The van der Waals surface area contributed by atoms with Crippen LogP contribution in [0.4, 0.5) is 5.69 Å². The predicted octanol–water partition coefficient (Wildman–Crippen LogP) is 3.03. The quantitative estimate of drug-likeness (QED) is 0.760. The fourth-order valence-corrected chi connectivity index (χ4v) is 2.86. The van der Waals surface area contributed by atoms with E-state index in [1.54, 1.807) is 14.2 Å². The van der Waals surface area contributed by atoms with Crippen LogP contribution in [0.15, 0.2) is 36.4 Å². The minimum absolute atomic E-state index is 0.0102. The molecule has 0 saturated carbocycles. The van der Waals surface area contributed by atoms with E-state index in [2.05, 4.69) is 5.32 Å². The summed E-state index contributed by atoms with van der Waals surface area (Å²) in [5.41, 5.74) is 3.98. The van der Waals surface area contributed by atoms with Gasteiger partial charge in [0.1, 0.15) is 6.54 Å². The van der Waals surface area contributed by atoms with Crippen LogP contribution in [0.25, 0.3) is 0 Å². The number of nitrogens with zero attached hydrogens (tertiary/aromatic N) is 1. The van der Waals surface area contributed by atoms with Crippen LogP contribution in [-0.4, -0.2) is 39.1 Å². The van der Waals surface area contributed by atoms with Gasteiger partial charge in [-0.2, -0.15) is 0 Å². The largest absolute Gasteiger partial charge is 0.493 e. The van der Waals surface area contributed by atoms with Gasteiger partial charge in [0.25, 0.3) is 0 Å². The molecule has 150 valence electrons. The van der Waals surface area contributed by atoms with Crippen molar-refractivity contribution in [2.75, 3.05) is 32.2 Å². The molecule has 0 aliphatic heterocycles. The maximum absolute atomic E-state index is 12.3. The number of carbonyl (C=O) groups is 2. The number of amides is 2. The molecular formula is C22H28N2O4. The van der Waals surface area contributed by atoms with Crippen LogP contribution in [0.1, 0.15) is 23.6 Å². The number of aryl methyl sites for hydroxylation is 2. The molecule has 0 fully saturated rings. The average Bonchev–Trinajstić information content (AvgIpc) is 2.68. The molecule has 2 aromatic carbocycles. The van der Waals surface area contributed by atoms with Crippen LogP contribution in [0, 0.1) is 13.8 Å². The number of hydrogen-bond donors (Lipinski definition) is 1. The number of carbonyl (C=O) groups excluding carboxylic acids is 2. The number of nitrogens with one attached hydrogen (secondary N) is 1. The van der Waals surface area contributed by atoms with Crippen LogP contribution < -0.4 is 19.7 Å². The predicted molar refractivity (Wildman–Crippen MR) is 110 cm³/mol. The molecule has 28 heavy (non-hydrogen) atoms. The topological polar surface area (TPSA) is 67.9 Å². The van der Waals surface area contributed by atoms with E-state index in [9.17, 15) is 9.59 Å². The Morgan fingerprint density at radius 2 is 1.68 bits per heavy atom. The Morgan fingerprint density at radius 3 is 2.29 bits per heavy atom. The summed E-state index contributed by atoms with van der Waals surface area (Å²) in [6.45, 7) is 5.92. The molecule has 1 N–H and O–H groups in total. The highest BCUT2D eigenvalue weighted by atomic mass is 16.5. The van der Waals surface area contributed by atoms with E-state index in [4.69, 9.17) is 9.47 Å². The van der Waals surface area contributed by atoms with Crippen molar-refractivity contribution >= 4 is 17.5 Å². The van der Waals surface area contributed by atoms with E-state index in [-0.39, 0.29) is 18.4 Å². The normalized spacial score (nSPS) is 10.3. The van der Waals surface area contributed by atoms with E-state index in [0.29, 0.717) is 24.5 Å². The third-order valence-electron chi connectivity index (χ3n) is 4.67. The van der Waals surface area contributed by atoms with Crippen molar-refractivity contribution in [3.05, 3.63) is 53.1 Å². The lowest BCUT2D eigenvalue weighted by Crippen LogP contribution is -2.40. The van der Waals surface area contributed by atoms with Gasteiger partial charge < -0.3 is 19.7 Å². The van der Waals surface area contributed by atoms with Crippen molar-refractivity contribution in [2.45, 2.75) is 27.2 Å². The molecule has 0 aliphatic carbocycles. The first-order chi connectivity index (χ1) is 13.3. The lowest BCUT2D eigenvalue weighted by molar-refractivity contribution is -0.123.